The summed E-state index contributed by atoms with van der Waals surface area (Å²) in [4.78, 5) is 0. The summed E-state index contributed by atoms with van der Waals surface area (Å²) in [6.07, 6.45) is 0. The average molecular weight is 273 g/mol. The first kappa shape index (κ1) is 14.1. The van der Waals surface area contributed by atoms with Crippen LogP contribution in [-0.2, 0) is 6.54 Å². The molecule has 0 aromatic heterocycles. The number of benzene rings is 2. The van der Waals surface area contributed by atoms with Crippen molar-refractivity contribution in [1.82, 2.24) is 0 Å². The van der Waals surface area contributed by atoms with Crippen molar-refractivity contribution in [2.24, 2.45) is 0 Å². The van der Waals surface area contributed by atoms with E-state index in [1.54, 1.807) is 20.3 Å². The molecule has 2 rings (SSSR count). The Bertz CT molecular complexity index is 574. The molecule has 20 heavy (non-hydrogen) atoms. The molecule has 0 heterocycles. The van der Waals surface area contributed by atoms with Gasteiger partial charge in [-0.05, 0) is 13.0 Å². The second-order valence-electron chi connectivity index (χ2n) is 4.59. The SMILES string of the molecule is COc1cc(NCc2cc(C)ccc2O)cc(OC)c1. The van der Waals surface area contributed by atoms with E-state index in [9.17, 15) is 5.11 Å². The number of ether oxygens (including phenoxy) is 2. The minimum atomic E-state index is 0.290. The van der Waals surface area contributed by atoms with E-state index in [1.165, 1.54) is 0 Å². The van der Waals surface area contributed by atoms with Gasteiger partial charge in [0.2, 0.25) is 0 Å². The molecule has 0 amide bonds. The molecular weight excluding hydrogens is 254 g/mol. The third-order valence-electron chi connectivity index (χ3n) is 3.07. The first-order chi connectivity index (χ1) is 9.62. The summed E-state index contributed by atoms with van der Waals surface area (Å²) in [5.41, 5.74) is 2.84. The van der Waals surface area contributed by atoms with E-state index in [4.69, 9.17) is 9.47 Å². The van der Waals surface area contributed by atoms with Crippen molar-refractivity contribution in [2.45, 2.75) is 13.5 Å². The summed E-state index contributed by atoms with van der Waals surface area (Å²) in [6, 6.07) is 11.1. The fourth-order valence-electron chi connectivity index (χ4n) is 1.96. The Morgan fingerprint density at radius 3 is 2.25 bits per heavy atom. The fraction of sp³-hybridized carbons (Fsp3) is 0.250. The van der Waals surface area contributed by atoms with Gasteiger partial charge in [0.05, 0.1) is 14.2 Å². The number of hydrogen-bond donors (Lipinski definition) is 2. The van der Waals surface area contributed by atoms with Gasteiger partial charge in [-0.15, -0.1) is 0 Å². The van der Waals surface area contributed by atoms with Crippen LogP contribution in [0.4, 0.5) is 5.69 Å². The molecule has 0 aliphatic rings. The first-order valence-electron chi connectivity index (χ1n) is 6.38. The maximum Gasteiger partial charge on any atom is 0.124 e. The quantitative estimate of drug-likeness (QED) is 0.877. The van der Waals surface area contributed by atoms with Gasteiger partial charge in [-0.1, -0.05) is 17.7 Å². The van der Waals surface area contributed by atoms with Crippen molar-refractivity contribution in [3.05, 3.63) is 47.5 Å². The third-order valence-corrected chi connectivity index (χ3v) is 3.07. The lowest BCUT2D eigenvalue weighted by Crippen LogP contribution is -2.01. The van der Waals surface area contributed by atoms with E-state index < -0.39 is 0 Å². The van der Waals surface area contributed by atoms with Gasteiger partial charge in [-0.25, -0.2) is 0 Å². The average Bonchev–Trinajstić information content (AvgIpc) is 2.47. The van der Waals surface area contributed by atoms with Crippen LogP contribution in [0.25, 0.3) is 0 Å². The smallest absolute Gasteiger partial charge is 0.124 e. The number of anilines is 1. The molecule has 0 aliphatic heterocycles. The molecule has 0 radical (unpaired) electrons. The van der Waals surface area contributed by atoms with Crippen LogP contribution in [0.1, 0.15) is 11.1 Å². The summed E-state index contributed by atoms with van der Waals surface area (Å²) < 4.78 is 10.4. The van der Waals surface area contributed by atoms with Crippen LogP contribution >= 0.6 is 0 Å². The summed E-state index contributed by atoms with van der Waals surface area (Å²) >= 11 is 0. The zero-order valence-electron chi connectivity index (χ0n) is 11.9. The number of methoxy groups -OCH3 is 2. The van der Waals surface area contributed by atoms with Crippen molar-refractivity contribution >= 4 is 5.69 Å². The van der Waals surface area contributed by atoms with Gasteiger partial charge >= 0.3 is 0 Å². The Balaban J connectivity index is 2.16. The second-order valence-corrected chi connectivity index (χ2v) is 4.59. The van der Waals surface area contributed by atoms with E-state index in [1.807, 2.05) is 37.3 Å². The highest BCUT2D eigenvalue weighted by molar-refractivity contribution is 5.54. The molecule has 0 saturated heterocycles. The topological polar surface area (TPSA) is 50.7 Å². The van der Waals surface area contributed by atoms with E-state index in [-0.39, 0.29) is 5.75 Å². The lowest BCUT2D eigenvalue weighted by atomic mass is 10.1. The Labute approximate surface area is 119 Å². The van der Waals surface area contributed by atoms with Crippen molar-refractivity contribution in [2.75, 3.05) is 19.5 Å². The molecule has 0 bridgehead atoms. The van der Waals surface area contributed by atoms with Gasteiger partial charge in [0.25, 0.3) is 0 Å². The minimum Gasteiger partial charge on any atom is -0.508 e. The number of aromatic hydroxyl groups is 1. The number of hydrogen-bond acceptors (Lipinski definition) is 4. The molecule has 0 aliphatic carbocycles. The van der Waals surface area contributed by atoms with Crippen LogP contribution in [0.15, 0.2) is 36.4 Å². The number of phenols is 1. The molecule has 0 fully saturated rings. The van der Waals surface area contributed by atoms with Gasteiger partial charge in [-0.2, -0.15) is 0 Å². The van der Waals surface area contributed by atoms with E-state index >= 15 is 0 Å². The molecule has 0 unspecified atom stereocenters. The summed E-state index contributed by atoms with van der Waals surface area (Å²) in [5.74, 6) is 1.73. The van der Waals surface area contributed by atoms with E-state index in [0.29, 0.717) is 6.54 Å². The number of rotatable bonds is 5. The highest BCUT2D eigenvalue weighted by Crippen LogP contribution is 2.27. The molecule has 2 aromatic rings. The monoisotopic (exact) mass is 273 g/mol. The highest BCUT2D eigenvalue weighted by atomic mass is 16.5. The van der Waals surface area contributed by atoms with Crippen LogP contribution in [0.2, 0.25) is 0 Å². The third kappa shape index (κ3) is 3.35. The summed E-state index contributed by atoms with van der Waals surface area (Å²) in [6.45, 7) is 2.53. The number of phenolic OH excluding ortho intramolecular Hbond substituents is 1. The van der Waals surface area contributed by atoms with Crippen molar-refractivity contribution < 1.29 is 14.6 Å². The van der Waals surface area contributed by atoms with Crippen LogP contribution in [0.3, 0.4) is 0 Å². The van der Waals surface area contributed by atoms with Gasteiger partial charge in [-0.3, -0.25) is 0 Å². The normalized spacial score (nSPS) is 10.2. The molecule has 0 spiro atoms. The Morgan fingerprint density at radius 2 is 1.65 bits per heavy atom. The Kier molecular flexibility index (Phi) is 4.35. The van der Waals surface area contributed by atoms with Crippen molar-refractivity contribution in [1.29, 1.82) is 0 Å². The first-order valence-corrected chi connectivity index (χ1v) is 6.38. The number of aryl methyl sites for hydroxylation is 1. The molecule has 0 saturated carbocycles. The molecule has 2 aromatic carbocycles. The maximum atomic E-state index is 9.83. The van der Waals surface area contributed by atoms with Crippen LogP contribution in [-0.4, -0.2) is 19.3 Å². The van der Waals surface area contributed by atoms with Gasteiger partial charge < -0.3 is 19.9 Å². The lowest BCUT2D eigenvalue weighted by molar-refractivity contribution is 0.394. The Hall–Kier alpha value is -2.36. The zero-order chi connectivity index (χ0) is 14.5. The summed E-state index contributed by atoms with van der Waals surface area (Å²) in [7, 11) is 3.23. The second kappa shape index (κ2) is 6.19. The molecule has 4 nitrogen and oxygen atoms in total. The summed E-state index contributed by atoms with van der Waals surface area (Å²) in [5, 5.41) is 13.1. The molecular formula is C16H19NO3. The van der Waals surface area contributed by atoms with Gasteiger partial charge in [0, 0.05) is 36.0 Å². The molecule has 106 valence electrons. The van der Waals surface area contributed by atoms with Gasteiger partial charge in [0.15, 0.2) is 0 Å². The predicted octanol–water partition coefficient (Wildman–Crippen LogP) is 3.33. The van der Waals surface area contributed by atoms with E-state index in [2.05, 4.69) is 5.32 Å². The molecule has 2 N–H and O–H groups in total. The van der Waals surface area contributed by atoms with Crippen LogP contribution < -0.4 is 14.8 Å². The molecule has 4 heteroatoms. The fourth-order valence-corrected chi connectivity index (χ4v) is 1.96. The minimum absolute atomic E-state index is 0.290. The largest absolute Gasteiger partial charge is 0.508 e. The standard InChI is InChI=1S/C16H19NO3/c1-11-4-5-16(18)12(6-11)10-17-13-7-14(19-2)9-15(8-13)20-3/h4-9,17-18H,10H2,1-3H3. The van der Waals surface area contributed by atoms with Crippen LogP contribution in [0.5, 0.6) is 17.2 Å². The Morgan fingerprint density at radius 1 is 1.00 bits per heavy atom. The molecule has 0 atom stereocenters. The van der Waals surface area contributed by atoms with Gasteiger partial charge in [0.1, 0.15) is 17.2 Å². The lowest BCUT2D eigenvalue weighted by Gasteiger charge is -2.12. The van der Waals surface area contributed by atoms with Crippen molar-refractivity contribution in [3.8, 4) is 17.2 Å². The zero-order valence-corrected chi connectivity index (χ0v) is 11.9. The van der Waals surface area contributed by atoms with Crippen molar-refractivity contribution in [3.63, 3.8) is 0 Å². The predicted molar refractivity (Wildman–Crippen MR) is 79.7 cm³/mol. The number of nitrogens with one attached hydrogen (secondary N) is 1. The van der Waals surface area contributed by atoms with Crippen LogP contribution in [0, 0.1) is 6.92 Å². The highest BCUT2D eigenvalue weighted by Gasteiger charge is 2.04. The van der Waals surface area contributed by atoms with E-state index in [0.717, 1.165) is 28.3 Å². The maximum absolute atomic E-state index is 9.83.